The van der Waals surface area contributed by atoms with Crippen LogP contribution in [0, 0.1) is 5.92 Å². The summed E-state index contributed by atoms with van der Waals surface area (Å²) in [6.07, 6.45) is 2.39. The van der Waals surface area contributed by atoms with E-state index in [-0.39, 0.29) is 12.5 Å². The number of nitrogens with zero attached hydrogens (tertiary/aromatic N) is 4. The number of hydrogen-bond acceptors (Lipinski definition) is 4. The standard InChI is InChI=1S/C8H12N4O2/c1-5(6-2-3-6)8-9-10-11-12(8)4-7(13)14/h5-6H,2-4H2,1H3,(H,13,14). The van der Waals surface area contributed by atoms with Gasteiger partial charge in [0, 0.05) is 5.92 Å². The highest BCUT2D eigenvalue weighted by molar-refractivity contribution is 5.66. The fourth-order valence-electron chi connectivity index (χ4n) is 1.59. The lowest BCUT2D eigenvalue weighted by Crippen LogP contribution is -2.15. The molecule has 6 heteroatoms. The fraction of sp³-hybridized carbons (Fsp3) is 0.750. The summed E-state index contributed by atoms with van der Waals surface area (Å²) in [5, 5.41) is 19.7. The number of carboxylic acids is 1. The van der Waals surface area contributed by atoms with Crippen LogP contribution in [-0.2, 0) is 11.3 Å². The molecule has 2 rings (SSSR count). The van der Waals surface area contributed by atoms with E-state index in [1.807, 2.05) is 6.92 Å². The van der Waals surface area contributed by atoms with Gasteiger partial charge in [0.2, 0.25) is 0 Å². The van der Waals surface area contributed by atoms with Crippen molar-refractivity contribution in [1.29, 1.82) is 0 Å². The number of carbonyl (C=O) groups is 1. The van der Waals surface area contributed by atoms with Crippen LogP contribution in [0.4, 0.5) is 0 Å². The van der Waals surface area contributed by atoms with Crippen molar-refractivity contribution in [3.63, 3.8) is 0 Å². The third kappa shape index (κ3) is 1.73. The van der Waals surface area contributed by atoms with Crippen LogP contribution in [0.25, 0.3) is 0 Å². The van der Waals surface area contributed by atoms with Crippen molar-refractivity contribution in [3.8, 4) is 0 Å². The van der Waals surface area contributed by atoms with Crippen LogP contribution in [0.1, 0.15) is 31.5 Å². The first-order valence-corrected chi connectivity index (χ1v) is 4.66. The van der Waals surface area contributed by atoms with Crippen LogP contribution in [0.3, 0.4) is 0 Å². The predicted octanol–water partition coefficient (Wildman–Crippen LogP) is 0.271. The Labute approximate surface area is 80.9 Å². The van der Waals surface area contributed by atoms with Gasteiger partial charge >= 0.3 is 5.97 Å². The van der Waals surface area contributed by atoms with Crippen molar-refractivity contribution in [2.45, 2.75) is 32.2 Å². The molecule has 1 aromatic heterocycles. The summed E-state index contributed by atoms with van der Waals surface area (Å²) in [4.78, 5) is 10.5. The highest BCUT2D eigenvalue weighted by Crippen LogP contribution is 2.41. The zero-order chi connectivity index (χ0) is 10.1. The van der Waals surface area contributed by atoms with E-state index in [0.717, 1.165) is 0 Å². The number of tetrazole rings is 1. The van der Waals surface area contributed by atoms with Crippen molar-refractivity contribution in [1.82, 2.24) is 20.2 Å². The highest BCUT2D eigenvalue weighted by Gasteiger charge is 2.32. The molecule has 0 amide bonds. The largest absolute Gasteiger partial charge is 0.480 e. The molecular formula is C8H12N4O2. The van der Waals surface area contributed by atoms with Crippen LogP contribution in [-0.4, -0.2) is 31.3 Å². The molecule has 14 heavy (non-hydrogen) atoms. The Kier molecular flexibility index (Phi) is 2.18. The van der Waals surface area contributed by atoms with Crippen molar-refractivity contribution in [2.24, 2.45) is 5.92 Å². The summed E-state index contributed by atoms with van der Waals surface area (Å²) in [5.74, 6) is 0.675. The third-order valence-corrected chi connectivity index (χ3v) is 2.58. The van der Waals surface area contributed by atoms with Gasteiger partial charge in [0.1, 0.15) is 6.54 Å². The lowest BCUT2D eigenvalue weighted by molar-refractivity contribution is -0.138. The van der Waals surface area contributed by atoms with Gasteiger partial charge in [-0.3, -0.25) is 4.79 Å². The van der Waals surface area contributed by atoms with Gasteiger partial charge in [-0.2, -0.15) is 0 Å². The number of hydrogen-bond donors (Lipinski definition) is 1. The minimum atomic E-state index is -0.915. The number of carboxylic acid groups (broad SMARTS) is 1. The topological polar surface area (TPSA) is 80.9 Å². The molecule has 1 aliphatic rings. The third-order valence-electron chi connectivity index (χ3n) is 2.58. The number of rotatable bonds is 4. The molecular weight excluding hydrogens is 184 g/mol. The fourth-order valence-corrected chi connectivity index (χ4v) is 1.59. The first kappa shape index (κ1) is 9.11. The molecule has 1 fully saturated rings. The van der Waals surface area contributed by atoms with E-state index in [9.17, 15) is 4.79 Å². The summed E-state index contributed by atoms with van der Waals surface area (Å²) in [6.45, 7) is 1.89. The van der Waals surface area contributed by atoms with Crippen molar-refractivity contribution in [2.75, 3.05) is 0 Å². The second kappa shape index (κ2) is 3.36. The van der Waals surface area contributed by atoms with Crippen LogP contribution in [0.2, 0.25) is 0 Å². The maximum Gasteiger partial charge on any atom is 0.325 e. The van der Waals surface area contributed by atoms with Crippen LogP contribution < -0.4 is 0 Å². The van der Waals surface area contributed by atoms with Crippen LogP contribution in [0.15, 0.2) is 0 Å². The Morgan fingerprint density at radius 1 is 1.71 bits per heavy atom. The molecule has 0 aromatic carbocycles. The summed E-state index contributed by atoms with van der Waals surface area (Å²) >= 11 is 0. The normalized spacial score (nSPS) is 18.1. The minimum absolute atomic E-state index is 0.153. The van der Waals surface area contributed by atoms with Crippen LogP contribution >= 0.6 is 0 Å². The van der Waals surface area contributed by atoms with E-state index in [2.05, 4.69) is 15.5 Å². The van der Waals surface area contributed by atoms with E-state index in [1.54, 1.807) is 0 Å². The van der Waals surface area contributed by atoms with Crippen molar-refractivity contribution < 1.29 is 9.90 Å². The van der Waals surface area contributed by atoms with Gasteiger partial charge in [0.05, 0.1) is 0 Å². The lowest BCUT2D eigenvalue weighted by Gasteiger charge is -2.07. The molecule has 76 valence electrons. The quantitative estimate of drug-likeness (QED) is 0.747. The number of aromatic nitrogens is 4. The Morgan fingerprint density at radius 3 is 3.00 bits per heavy atom. The molecule has 6 nitrogen and oxygen atoms in total. The zero-order valence-corrected chi connectivity index (χ0v) is 7.92. The molecule has 1 atom stereocenters. The van der Waals surface area contributed by atoms with Crippen LogP contribution in [0.5, 0.6) is 0 Å². The molecule has 0 radical (unpaired) electrons. The highest BCUT2D eigenvalue weighted by atomic mass is 16.4. The Balaban J connectivity index is 2.15. The van der Waals surface area contributed by atoms with E-state index in [4.69, 9.17) is 5.11 Å². The molecule has 1 saturated carbocycles. The molecule has 1 aliphatic carbocycles. The first-order valence-electron chi connectivity index (χ1n) is 4.66. The monoisotopic (exact) mass is 196 g/mol. The maximum atomic E-state index is 10.5. The van der Waals surface area contributed by atoms with Gasteiger partial charge in [0.15, 0.2) is 5.82 Å². The summed E-state index contributed by atoms with van der Waals surface area (Å²) < 4.78 is 1.37. The minimum Gasteiger partial charge on any atom is -0.480 e. The molecule has 1 heterocycles. The molecule has 1 unspecified atom stereocenters. The zero-order valence-electron chi connectivity index (χ0n) is 7.92. The van der Waals surface area contributed by atoms with E-state index < -0.39 is 5.97 Å². The summed E-state index contributed by atoms with van der Waals surface area (Å²) in [5.41, 5.74) is 0. The van der Waals surface area contributed by atoms with Gasteiger partial charge < -0.3 is 5.11 Å². The van der Waals surface area contributed by atoms with E-state index in [0.29, 0.717) is 11.7 Å². The SMILES string of the molecule is CC(c1nnnn1CC(=O)O)C1CC1. The van der Waals surface area contributed by atoms with Crippen molar-refractivity contribution >= 4 is 5.97 Å². The summed E-state index contributed by atoms with van der Waals surface area (Å²) in [7, 11) is 0. The van der Waals surface area contributed by atoms with E-state index >= 15 is 0 Å². The second-order valence-corrected chi connectivity index (χ2v) is 3.71. The van der Waals surface area contributed by atoms with Gasteiger partial charge in [-0.25, -0.2) is 4.68 Å². The average molecular weight is 196 g/mol. The molecule has 0 aliphatic heterocycles. The molecule has 0 spiro atoms. The van der Waals surface area contributed by atoms with Gasteiger partial charge in [-0.05, 0) is 29.2 Å². The maximum absolute atomic E-state index is 10.5. The molecule has 1 N–H and O–H groups in total. The second-order valence-electron chi connectivity index (χ2n) is 3.71. The van der Waals surface area contributed by atoms with Gasteiger partial charge in [0.25, 0.3) is 0 Å². The molecule has 0 bridgehead atoms. The summed E-state index contributed by atoms with van der Waals surface area (Å²) in [6, 6.07) is 0. The number of aliphatic carboxylic acids is 1. The average Bonchev–Trinajstić information content (AvgIpc) is 2.86. The van der Waals surface area contributed by atoms with Crippen molar-refractivity contribution in [3.05, 3.63) is 5.82 Å². The Bertz CT molecular complexity index is 345. The smallest absolute Gasteiger partial charge is 0.325 e. The van der Waals surface area contributed by atoms with E-state index in [1.165, 1.54) is 17.5 Å². The Hall–Kier alpha value is -1.46. The predicted molar refractivity (Wildman–Crippen MR) is 46.6 cm³/mol. The molecule has 0 saturated heterocycles. The Morgan fingerprint density at radius 2 is 2.43 bits per heavy atom. The molecule has 1 aromatic rings. The lowest BCUT2D eigenvalue weighted by atomic mass is 10.1. The van der Waals surface area contributed by atoms with Gasteiger partial charge in [-0.15, -0.1) is 5.10 Å². The first-order chi connectivity index (χ1) is 6.68. The van der Waals surface area contributed by atoms with Gasteiger partial charge in [-0.1, -0.05) is 6.92 Å².